The van der Waals surface area contributed by atoms with E-state index in [0.717, 1.165) is 50.6 Å². The lowest BCUT2D eigenvalue weighted by atomic mass is 9.95. The van der Waals surface area contributed by atoms with Crippen molar-refractivity contribution in [3.05, 3.63) is 28.8 Å². The third kappa shape index (κ3) is 7.46. The Morgan fingerprint density at radius 1 is 1.10 bits per heavy atom. The van der Waals surface area contributed by atoms with Crippen molar-refractivity contribution < 1.29 is 4.79 Å². The van der Waals surface area contributed by atoms with Crippen LogP contribution in [0.3, 0.4) is 0 Å². The van der Waals surface area contributed by atoms with Crippen LogP contribution in [0.1, 0.15) is 71.8 Å². The minimum absolute atomic E-state index is 0.182. The van der Waals surface area contributed by atoms with Crippen LogP contribution >= 0.6 is 11.6 Å². The molecule has 2 aliphatic rings. The fourth-order valence-corrected chi connectivity index (χ4v) is 4.54. The van der Waals surface area contributed by atoms with Crippen LogP contribution in [0.15, 0.2) is 18.2 Å². The lowest BCUT2D eigenvalue weighted by molar-refractivity contribution is -0.125. The number of hydrogen-bond donors (Lipinski definition) is 1. The number of nitrogens with zero attached hydrogens (tertiary/aromatic N) is 2. The number of piperazine rings is 1. The molecule has 4 nitrogen and oxygen atoms in total. The Bertz CT molecular complexity index is 637. The maximum atomic E-state index is 11.5. The SMILES string of the molecule is CCC(C)C(=O)NC1CCCCC1.CCc1cccc(N2CCN(CC)CC2)c1Cl. The number of halogens is 1. The normalized spacial score (nSPS) is 19.0. The van der Waals surface area contributed by atoms with E-state index in [-0.39, 0.29) is 11.8 Å². The summed E-state index contributed by atoms with van der Waals surface area (Å²) in [5, 5.41) is 4.07. The highest BCUT2D eigenvalue weighted by Gasteiger charge is 2.19. The van der Waals surface area contributed by atoms with Crippen molar-refractivity contribution in [2.75, 3.05) is 37.6 Å². The number of likely N-dealkylation sites (N-methyl/N-ethyl adjacent to an activating group) is 1. The first-order valence-electron chi connectivity index (χ1n) is 12.0. The highest BCUT2D eigenvalue weighted by atomic mass is 35.5. The molecular formula is C25H42ClN3O. The average molecular weight is 436 g/mol. The van der Waals surface area contributed by atoms with Crippen LogP contribution in [-0.4, -0.2) is 49.6 Å². The van der Waals surface area contributed by atoms with E-state index in [1.807, 2.05) is 6.92 Å². The van der Waals surface area contributed by atoms with Gasteiger partial charge in [0, 0.05) is 38.1 Å². The first kappa shape index (κ1) is 25.0. The molecule has 1 aromatic rings. The summed E-state index contributed by atoms with van der Waals surface area (Å²) in [6.45, 7) is 14.0. The Morgan fingerprint density at radius 3 is 2.33 bits per heavy atom. The van der Waals surface area contributed by atoms with Gasteiger partial charge in [-0.05, 0) is 43.9 Å². The van der Waals surface area contributed by atoms with Crippen molar-refractivity contribution in [1.29, 1.82) is 0 Å². The van der Waals surface area contributed by atoms with E-state index in [1.54, 1.807) is 0 Å². The molecule has 1 atom stereocenters. The number of anilines is 1. The molecule has 0 bridgehead atoms. The third-order valence-corrected chi connectivity index (χ3v) is 7.05. The number of aryl methyl sites for hydroxylation is 1. The van der Waals surface area contributed by atoms with E-state index >= 15 is 0 Å². The van der Waals surface area contributed by atoms with Gasteiger partial charge < -0.3 is 15.1 Å². The van der Waals surface area contributed by atoms with Gasteiger partial charge in [0.05, 0.1) is 10.7 Å². The largest absolute Gasteiger partial charge is 0.368 e. The molecule has 1 aromatic carbocycles. The van der Waals surface area contributed by atoms with Crippen LogP contribution in [-0.2, 0) is 11.2 Å². The second kappa shape index (κ2) is 13.2. The summed E-state index contributed by atoms with van der Waals surface area (Å²) >= 11 is 6.46. The molecule has 0 radical (unpaired) electrons. The number of carbonyl (C=O) groups excluding carboxylic acids is 1. The van der Waals surface area contributed by atoms with Crippen molar-refractivity contribution in [2.45, 2.75) is 78.7 Å². The van der Waals surface area contributed by atoms with Gasteiger partial charge in [-0.1, -0.05) is 70.7 Å². The minimum atomic E-state index is 0.182. The van der Waals surface area contributed by atoms with Crippen LogP contribution in [0.5, 0.6) is 0 Å². The molecule has 1 unspecified atom stereocenters. The molecule has 1 amide bonds. The molecule has 1 heterocycles. The zero-order valence-corrected chi connectivity index (χ0v) is 20.3. The van der Waals surface area contributed by atoms with Crippen molar-refractivity contribution in [1.82, 2.24) is 10.2 Å². The summed E-state index contributed by atoms with van der Waals surface area (Å²) in [5.74, 6) is 0.427. The van der Waals surface area contributed by atoms with Gasteiger partial charge >= 0.3 is 0 Å². The van der Waals surface area contributed by atoms with E-state index in [0.29, 0.717) is 6.04 Å². The van der Waals surface area contributed by atoms with Gasteiger partial charge in [0.1, 0.15) is 0 Å². The number of nitrogens with one attached hydrogen (secondary N) is 1. The van der Waals surface area contributed by atoms with Crippen molar-refractivity contribution in [3.8, 4) is 0 Å². The molecule has 1 N–H and O–H groups in total. The van der Waals surface area contributed by atoms with E-state index in [2.05, 4.69) is 54.1 Å². The van der Waals surface area contributed by atoms with E-state index in [4.69, 9.17) is 11.6 Å². The molecule has 0 spiro atoms. The molecule has 1 aliphatic carbocycles. The fourth-order valence-electron chi connectivity index (χ4n) is 4.16. The van der Waals surface area contributed by atoms with Gasteiger partial charge in [-0.15, -0.1) is 0 Å². The summed E-state index contributed by atoms with van der Waals surface area (Å²) in [5.41, 5.74) is 2.46. The summed E-state index contributed by atoms with van der Waals surface area (Å²) < 4.78 is 0. The topological polar surface area (TPSA) is 35.6 Å². The van der Waals surface area contributed by atoms with E-state index in [9.17, 15) is 4.79 Å². The van der Waals surface area contributed by atoms with Crippen molar-refractivity contribution >= 4 is 23.2 Å². The van der Waals surface area contributed by atoms with Gasteiger partial charge in [0.25, 0.3) is 0 Å². The van der Waals surface area contributed by atoms with Crippen LogP contribution in [0.2, 0.25) is 5.02 Å². The molecule has 1 saturated carbocycles. The van der Waals surface area contributed by atoms with Crippen molar-refractivity contribution in [3.63, 3.8) is 0 Å². The number of carbonyl (C=O) groups is 1. The third-order valence-electron chi connectivity index (χ3n) is 6.61. The molecule has 3 rings (SSSR count). The Morgan fingerprint density at radius 2 is 1.77 bits per heavy atom. The Balaban J connectivity index is 0.000000222. The number of rotatable bonds is 6. The smallest absolute Gasteiger partial charge is 0.223 e. The first-order valence-corrected chi connectivity index (χ1v) is 12.4. The monoisotopic (exact) mass is 435 g/mol. The summed E-state index contributed by atoms with van der Waals surface area (Å²) in [6, 6.07) is 6.85. The highest BCUT2D eigenvalue weighted by Crippen LogP contribution is 2.30. The standard InChI is InChI=1S/C14H21ClN2.C11H21NO/c1-3-12-6-5-7-13(14(12)15)17-10-8-16(4-2)9-11-17;1-3-9(2)11(13)12-10-7-5-4-6-8-10/h5-7H,3-4,8-11H2,1-2H3;9-10H,3-8H2,1-2H3,(H,12,13). The van der Waals surface area contributed by atoms with E-state index in [1.165, 1.54) is 43.4 Å². The molecule has 30 heavy (non-hydrogen) atoms. The predicted octanol–water partition coefficient (Wildman–Crippen LogP) is 5.53. The molecule has 2 fully saturated rings. The van der Waals surface area contributed by atoms with Crippen LogP contribution < -0.4 is 10.2 Å². The van der Waals surface area contributed by atoms with Gasteiger partial charge in [-0.25, -0.2) is 0 Å². The van der Waals surface area contributed by atoms with Crippen LogP contribution in [0.25, 0.3) is 0 Å². The van der Waals surface area contributed by atoms with Gasteiger partial charge in [-0.3, -0.25) is 4.79 Å². The maximum absolute atomic E-state index is 11.5. The maximum Gasteiger partial charge on any atom is 0.223 e. The molecule has 170 valence electrons. The van der Waals surface area contributed by atoms with Crippen LogP contribution in [0, 0.1) is 5.92 Å². The lowest BCUT2D eigenvalue weighted by Gasteiger charge is -2.36. The molecule has 5 heteroatoms. The molecule has 0 aromatic heterocycles. The number of benzene rings is 1. The van der Waals surface area contributed by atoms with Crippen molar-refractivity contribution in [2.24, 2.45) is 5.92 Å². The van der Waals surface area contributed by atoms with Gasteiger partial charge in [-0.2, -0.15) is 0 Å². The second-order valence-electron chi connectivity index (χ2n) is 8.68. The summed E-state index contributed by atoms with van der Waals surface area (Å²) in [4.78, 5) is 16.4. The average Bonchev–Trinajstić information content (AvgIpc) is 2.80. The molecular weight excluding hydrogens is 394 g/mol. The molecule has 1 aliphatic heterocycles. The zero-order valence-electron chi connectivity index (χ0n) is 19.6. The fraction of sp³-hybridized carbons (Fsp3) is 0.720. The Labute approximate surface area is 189 Å². The summed E-state index contributed by atoms with van der Waals surface area (Å²) in [6.07, 6.45) is 8.22. The quantitative estimate of drug-likeness (QED) is 0.638. The number of hydrogen-bond acceptors (Lipinski definition) is 3. The van der Waals surface area contributed by atoms with E-state index < -0.39 is 0 Å². The van der Waals surface area contributed by atoms with Crippen LogP contribution in [0.4, 0.5) is 5.69 Å². The Hall–Kier alpha value is -1.26. The van der Waals surface area contributed by atoms with Gasteiger partial charge in [0.15, 0.2) is 0 Å². The first-order chi connectivity index (χ1) is 14.5. The Kier molecular flexibility index (Phi) is 11.0. The molecule has 1 saturated heterocycles. The van der Waals surface area contributed by atoms with Gasteiger partial charge in [0.2, 0.25) is 5.91 Å². The predicted molar refractivity (Wildman–Crippen MR) is 130 cm³/mol. The zero-order chi connectivity index (χ0) is 21.9. The summed E-state index contributed by atoms with van der Waals surface area (Å²) in [7, 11) is 0. The lowest BCUT2D eigenvalue weighted by Crippen LogP contribution is -2.46. The second-order valence-corrected chi connectivity index (χ2v) is 9.06. The minimum Gasteiger partial charge on any atom is -0.368 e. The highest BCUT2D eigenvalue weighted by molar-refractivity contribution is 6.34. The number of amides is 1.